The Morgan fingerprint density at radius 3 is 2.17 bits per heavy atom. The van der Waals surface area contributed by atoms with Crippen LogP contribution < -0.4 is 14.8 Å². The van der Waals surface area contributed by atoms with Gasteiger partial charge in [-0.05, 0) is 40.3 Å². The zero-order valence-corrected chi connectivity index (χ0v) is 24.7. The predicted octanol–water partition coefficient (Wildman–Crippen LogP) is 5.29. The first-order chi connectivity index (χ1) is 20.2. The van der Waals surface area contributed by atoms with Gasteiger partial charge in [-0.15, -0.1) is 11.8 Å². The average molecular weight is 591 g/mol. The number of ether oxygens (including phenoxy) is 3. The second kappa shape index (κ2) is 12.4. The van der Waals surface area contributed by atoms with E-state index in [1.807, 2.05) is 36.4 Å². The number of thioether (sulfide) groups is 1. The van der Waals surface area contributed by atoms with Crippen LogP contribution >= 0.6 is 11.8 Å². The van der Waals surface area contributed by atoms with Crippen molar-refractivity contribution in [3.8, 4) is 22.6 Å². The summed E-state index contributed by atoms with van der Waals surface area (Å²) < 4.78 is 16.6. The third-order valence-electron chi connectivity index (χ3n) is 7.80. The van der Waals surface area contributed by atoms with E-state index >= 15 is 0 Å². The normalized spacial score (nSPS) is 18.3. The third-order valence-corrected chi connectivity index (χ3v) is 9.10. The molecular formula is C32H34N2O7S. The van der Waals surface area contributed by atoms with Crippen molar-refractivity contribution < 1.29 is 33.7 Å². The Bertz CT molecular complexity index is 1450. The Balaban J connectivity index is 1.35. The van der Waals surface area contributed by atoms with Crippen molar-refractivity contribution in [3.63, 3.8) is 0 Å². The number of carboxylic acid groups (broad SMARTS) is 1. The van der Waals surface area contributed by atoms with Gasteiger partial charge in [-0.25, -0.2) is 9.59 Å². The summed E-state index contributed by atoms with van der Waals surface area (Å²) in [5, 5.41) is 12.1. The monoisotopic (exact) mass is 590 g/mol. The quantitative estimate of drug-likeness (QED) is 0.345. The minimum Gasteiger partial charge on any atom is -0.497 e. The summed E-state index contributed by atoms with van der Waals surface area (Å²) in [6.45, 7) is 3.70. The van der Waals surface area contributed by atoms with Gasteiger partial charge in [0.2, 0.25) is 5.91 Å². The number of nitrogens with one attached hydrogen (secondary N) is 1. The molecule has 3 aromatic rings. The Hall–Kier alpha value is -4.18. The smallest absolute Gasteiger partial charge is 0.407 e. The molecule has 220 valence electrons. The molecule has 1 fully saturated rings. The minimum atomic E-state index is -1.12. The minimum absolute atomic E-state index is 0.0991. The van der Waals surface area contributed by atoms with Crippen LogP contribution in [0.4, 0.5) is 4.79 Å². The largest absolute Gasteiger partial charge is 0.497 e. The maximum atomic E-state index is 14.0. The SMILES string of the molecule is COc1ccc([C@H]2SC[C@@H](C(=O)O)N2C(=O)[C@@H](NC(=O)OCC2c3ccccc3-c3ccccc32)C(C)C)c(OC)c1. The van der Waals surface area contributed by atoms with Gasteiger partial charge in [-0.1, -0.05) is 62.4 Å². The highest BCUT2D eigenvalue weighted by Crippen LogP contribution is 2.46. The highest BCUT2D eigenvalue weighted by atomic mass is 32.2. The van der Waals surface area contributed by atoms with Crippen LogP contribution in [-0.4, -0.2) is 66.6 Å². The van der Waals surface area contributed by atoms with E-state index in [0.717, 1.165) is 22.3 Å². The molecule has 5 rings (SSSR count). The Morgan fingerprint density at radius 1 is 0.952 bits per heavy atom. The Morgan fingerprint density at radius 2 is 1.60 bits per heavy atom. The lowest BCUT2D eigenvalue weighted by Crippen LogP contribution is -2.54. The Kier molecular flexibility index (Phi) is 8.63. The van der Waals surface area contributed by atoms with E-state index in [1.54, 1.807) is 32.0 Å². The average Bonchev–Trinajstić information content (AvgIpc) is 3.58. The second-order valence-electron chi connectivity index (χ2n) is 10.6. The van der Waals surface area contributed by atoms with Gasteiger partial charge in [0.05, 0.1) is 14.2 Å². The molecule has 9 nitrogen and oxygen atoms in total. The van der Waals surface area contributed by atoms with E-state index in [9.17, 15) is 19.5 Å². The fourth-order valence-corrected chi connectivity index (χ4v) is 7.12. The van der Waals surface area contributed by atoms with E-state index in [0.29, 0.717) is 17.1 Å². The molecule has 2 aliphatic rings. The number of carboxylic acids is 1. The highest BCUT2D eigenvalue weighted by molar-refractivity contribution is 7.99. The molecule has 0 radical (unpaired) electrons. The van der Waals surface area contributed by atoms with E-state index in [1.165, 1.54) is 30.9 Å². The van der Waals surface area contributed by atoms with E-state index in [4.69, 9.17) is 14.2 Å². The maximum Gasteiger partial charge on any atom is 0.407 e. The number of rotatable bonds is 9. The molecule has 2 amide bonds. The van der Waals surface area contributed by atoms with Crippen LogP contribution in [-0.2, 0) is 14.3 Å². The summed E-state index contributed by atoms with van der Waals surface area (Å²) >= 11 is 1.33. The fourth-order valence-electron chi connectivity index (χ4n) is 5.67. The number of carbonyl (C=O) groups is 3. The molecule has 3 aromatic carbocycles. The molecule has 10 heteroatoms. The van der Waals surface area contributed by atoms with Crippen LogP contribution in [0.5, 0.6) is 11.5 Å². The van der Waals surface area contributed by atoms with Gasteiger partial charge in [-0.3, -0.25) is 4.79 Å². The van der Waals surface area contributed by atoms with E-state index in [-0.39, 0.29) is 24.2 Å². The summed E-state index contributed by atoms with van der Waals surface area (Å²) in [5.74, 6) is -0.847. The lowest BCUT2D eigenvalue weighted by atomic mass is 9.98. The maximum absolute atomic E-state index is 14.0. The number of hydrogen-bond acceptors (Lipinski definition) is 7. The summed E-state index contributed by atoms with van der Waals surface area (Å²) in [7, 11) is 3.05. The summed E-state index contributed by atoms with van der Waals surface area (Å²) in [6, 6.07) is 19.2. The van der Waals surface area contributed by atoms with Crippen LogP contribution in [0.3, 0.4) is 0 Å². The molecule has 42 heavy (non-hydrogen) atoms. The first kappa shape index (κ1) is 29.3. The molecule has 0 spiro atoms. The molecule has 1 aliphatic carbocycles. The molecule has 2 N–H and O–H groups in total. The predicted molar refractivity (Wildman–Crippen MR) is 160 cm³/mol. The van der Waals surface area contributed by atoms with Crippen LogP contribution in [0.15, 0.2) is 66.7 Å². The molecule has 1 heterocycles. The van der Waals surface area contributed by atoms with Crippen LogP contribution in [0.25, 0.3) is 11.1 Å². The van der Waals surface area contributed by atoms with Gasteiger partial charge in [0.15, 0.2) is 0 Å². The molecule has 0 aromatic heterocycles. The molecule has 3 atom stereocenters. The van der Waals surface area contributed by atoms with Gasteiger partial charge < -0.3 is 29.5 Å². The topological polar surface area (TPSA) is 114 Å². The van der Waals surface area contributed by atoms with E-state index in [2.05, 4.69) is 17.4 Å². The summed E-state index contributed by atoms with van der Waals surface area (Å²) in [4.78, 5) is 40.8. The standard InChI is InChI=1S/C32H34N2O7S/c1-18(2)28(33-32(38)41-16-25-22-11-7-5-9-20(22)21-10-6-8-12-23(21)25)29(35)34-26(31(36)37)17-42-30(34)24-14-13-19(39-3)15-27(24)40-4/h5-15,18,25-26,28,30H,16-17H2,1-4H3,(H,33,38)(H,36,37)/t26-,28-,30+/m0/s1. The number of methoxy groups -OCH3 is 2. The molecule has 1 saturated heterocycles. The number of nitrogens with zero attached hydrogens (tertiary/aromatic N) is 1. The second-order valence-corrected chi connectivity index (χ2v) is 11.7. The number of fused-ring (bicyclic) bond motifs is 3. The third kappa shape index (κ3) is 5.51. The van der Waals surface area contributed by atoms with Gasteiger partial charge in [-0.2, -0.15) is 0 Å². The highest BCUT2D eigenvalue weighted by Gasteiger charge is 2.46. The molecular weight excluding hydrogens is 556 g/mol. The molecule has 1 aliphatic heterocycles. The van der Waals surface area contributed by atoms with Gasteiger partial charge in [0.1, 0.15) is 35.6 Å². The first-order valence-electron chi connectivity index (χ1n) is 13.7. The number of hydrogen-bond donors (Lipinski definition) is 2. The fraction of sp³-hybridized carbons (Fsp3) is 0.344. The van der Waals surface area contributed by atoms with Gasteiger partial charge in [0.25, 0.3) is 0 Å². The number of alkyl carbamates (subject to hydrolysis) is 1. The molecule has 0 bridgehead atoms. The van der Waals surface area contributed by atoms with Crippen LogP contribution in [0.1, 0.15) is 41.8 Å². The zero-order chi connectivity index (χ0) is 30.0. The number of aliphatic carboxylic acids is 1. The van der Waals surface area contributed by atoms with Crippen LogP contribution in [0, 0.1) is 5.92 Å². The number of carbonyl (C=O) groups excluding carboxylic acids is 2. The van der Waals surface area contributed by atoms with Crippen molar-refractivity contribution in [1.29, 1.82) is 0 Å². The Labute approximate surface area is 249 Å². The van der Waals surface area contributed by atoms with Gasteiger partial charge >= 0.3 is 12.1 Å². The number of amides is 2. The number of benzene rings is 3. The summed E-state index contributed by atoms with van der Waals surface area (Å²) in [6.07, 6.45) is -0.735. The van der Waals surface area contributed by atoms with E-state index < -0.39 is 35.4 Å². The van der Waals surface area contributed by atoms with Crippen molar-refractivity contribution in [1.82, 2.24) is 10.2 Å². The zero-order valence-electron chi connectivity index (χ0n) is 23.9. The van der Waals surface area contributed by atoms with Crippen molar-refractivity contribution in [3.05, 3.63) is 83.4 Å². The lowest BCUT2D eigenvalue weighted by molar-refractivity contribution is -0.150. The first-order valence-corrected chi connectivity index (χ1v) is 14.8. The van der Waals surface area contributed by atoms with Gasteiger partial charge in [0, 0.05) is 23.3 Å². The molecule has 0 saturated carbocycles. The lowest BCUT2D eigenvalue weighted by Gasteiger charge is -2.33. The van der Waals surface area contributed by atoms with Crippen LogP contribution in [0.2, 0.25) is 0 Å². The van der Waals surface area contributed by atoms with Crippen molar-refractivity contribution in [2.75, 3.05) is 26.6 Å². The summed E-state index contributed by atoms with van der Waals surface area (Å²) in [5.41, 5.74) is 5.03. The van der Waals surface area contributed by atoms with Crippen molar-refractivity contribution in [2.45, 2.75) is 37.2 Å². The molecule has 0 unspecified atom stereocenters. The van der Waals surface area contributed by atoms with Crippen molar-refractivity contribution >= 4 is 29.7 Å². The van der Waals surface area contributed by atoms with Crippen molar-refractivity contribution in [2.24, 2.45) is 5.92 Å².